The molecule has 0 fully saturated rings. The van der Waals surface area contributed by atoms with Gasteiger partial charge < -0.3 is 19.8 Å². The maximum absolute atomic E-state index is 12.4. The highest BCUT2D eigenvalue weighted by molar-refractivity contribution is 6.04. The van der Waals surface area contributed by atoms with Gasteiger partial charge in [-0.2, -0.15) is 0 Å². The fourth-order valence-corrected chi connectivity index (χ4v) is 3.23. The molecule has 4 rings (SSSR count). The van der Waals surface area contributed by atoms with E-state index >= 15 is 0 Å². The molecule has 0 spiro atoms. The average molecular weight is 414 g/mol. The van der Waals surface area contributed by atoms with Gasteiger partial charge in [0, 0.05) is 16.8 Å². The molecule has 0 saturated heterocycles. The molecule has 1 heterocycles. The van der Waals surface area contributed by atoms with E-state index in [2.05, 4.69) is 10.6 Å². The molecule has 3 aromatic carbocycles. The first-order valence-electron chi connectivity index (χ1n) is 9.88. The smallest absolute Gasteiger partial charge is 0.291 e. The van der Waals surface area contributed by atoms with Gasteiger partial charge in [0.2, 0.25) is 0 Å². The number of nitrogens with one attached hydrogen (secondary N) is 2. The van der Waals surface area contributed by atoms with Crippen LogP contribution in [0.5, 0.6) is 5.75 Å². The topological polar surface area (TPSA) is 80.6 Å². The standard InChI is InChI=1S/C25H22N2O4/c1-16-7-12-21(17(2)13-16)30-15-24(28)26-19-8-10-20(11-9-19)27-25(29)23-14-18-5-3-4-6-22(18)31-23/h3-14H,15H2,1-2H3,(H,26,28)(H,27,29). The number of hydrogen-bond donors (Lipinski definition) is 2. The number of fused-ring (bicyclic) bond motifs is 1. The summed E-state index contributed by atoms with van der Waals surface area (Å²) in [6.45, 7) is 3.86. The van der Waals surface area contributed by atoms with Crippen molar-refractivity contribution in [2.24, 2.45) is 0 Å². The van der Waals surface area contributed by atoms with Crippen LogP contribution in [0.4, 0.5) is 11.4 Å². The van der Waals surface area contributed by atoms with Crippen LogP contribution in [0.15, 0.2) is 77.2 Å². The molecule has 0 aliphatic heterocycles. The number of benzene rings is 3. The molecule has 0 aliphatic carbocycles. The highest BCUT2D eigenvalue weighted by atomic mass is 16.5. The monoisotopic (exact) mass is 414 g/mol. The van der Waals surface area contributed by atoms with Gasteiger partial charge in [0.1, 0.15) is 11.3 Å². The van der Waals surface area contributed by atoms with Crippen molar-refractivity contribution in [2.75, 3.05) is 17.2 Å². The van der Waals surface area contributed by atoms with Crippen LogP contribution in [-0.2, 0) is 4.79 Å². The molecule has 0 saturated carbocycles. The Bertz CT molecular complexity index is 1210. The van der Waals surface area contributed by atoms with Gasteiger partial charge >= 0.3 is 0 Å². The molecule has 2 amide bonds. The summed E-state index contributed by atoms with van der Waals surface area (Å²) < 4.78 is 11.2. The fraction of sp³-hybridized carbons (Fsp3) is 0.120. The van der Waals surface area contributed by atoms with E-state index in [1.807, 2.05) is 56.3 Å². The van der Waals surface area contributed by atoms with Crippen molar-refractivity contribution in [3.63, 3.8) is 0 Å². The first-order valence-corrected chi connectivity index (χ1v) is 9.88. The van der Waals surface area contributed by atoms with Gasteiger partial charge in [0.25, 0.3) is 11.8 Å². The minimum atomic E-state index is -0.338. The van der Waals surface area contributed by atoms with E-state index in [0.29, 0.717) is 22.7 Å². The van der Waals surface area contributed by atoms with Crippen molar-refractivity contribution in [1.29, 1.82) is 0 Å². The van der Waals surface area contributed by atoms with Crippen molar-refractivity contribution in [1.82, 2.24) is 0 Å². The number of carbonyl (C=O) groups is 2. The quantitative estimate of drug-likeness (QED) is 0.447. The Labute approximate surface area is 179 Å². The molecule has 156 valence electrons. The molecular weight excluding hydrogens is 392 g/mol. The number of amides is 2. The number of anilines is 2. The fourth-order valence-electron chi connectivity index (χ4n) is 3.23. The van der Waals surface area contributed by atoms with Crippen molar-refractivity contribution < 1.29 is 18.7 Å². The summed E-state index contributed by atoms with van der Waals surface area (Å²) in [5.74, 6) is 0.320. The summed E-state index contributed by atoms with van der Waals surface area (Å²) in [7, 11) is 0. The lowest BCUT2D eigenvalue weighted by Crippen LogP contribution is -2.20. The Morgan fingerprint density at radius 2 is 1.58 bits per heavy atom. The summed E-state index contributed by atoms with van der Waals surface area (Å²) in [5.41, 5.74) is 3.99. The van der Waals surface area contributed by atoms with Gasteiger partial charge in [0.15, 0.2) is 12.4 Å². The number of furan rings is 1. The third-order valence-corrected chi connectivity index (χ3v) is 4.77. The lowest BCUT2D eigenvalue weighted by Gasteiger charge is -2.10. The largest absolute Gasteiger partial charge is 0.483 e. The lowest BCUT2D eigenvalue weighted by atomic mass is 10.1. The van der Waals surface area contributed by atoms with Crippen LogP contribution in [0.25, 0.3) is 11.0 Å². The Kier molecular flexibility index (Phi) is 5.71. The number of ether oxygens (including phenoxy) is 1. The van der Waals surface area contributed by atoms with Gasteiger partial charge in [-0.05, 0) is 61.9 Å². The van der Waals surface area contributed by atoms with Gasteiger partial charge in [-0.15, -0.1) is 0 Å². The molecule has 0 unspecified atom stereocenters. The van der Waals surface area contributed by atoms with E-state index in [-0.39, 0.29) is 24.2 Å². The SMILES string of the molecule is Cc1ccc(OCC(=O)Nc2ccc(NC(=O)c3cc4ccccc4o3)cc2)c(C)c1. The summed E-state index contributed by atoms with van der Waals surface area (Å²) >= 11 is 0. The second kappa shape index (κ2) is 8.75. The molecule has 0 aliphatic rings. The Morgan fingerprint density at radius 3 is 2.29 bits per heavy atom. The molecule has 1 aromatic heterocycles. The van der Waals surface area contributed by atoms with Gasteiger partial charge in [0.05, 0.1) is 0 Å². The summed E-state index contributed by atoms with van der Waals surface area (Å²) in [4.78, 5) is 24.6. The van der Waals surface area contributed by atoms with Crippen LogP contribution < -0.4 is 15.4 Å². The van der Waals surface area contributed by atoms with Crippen molar-refractivity contribution in [3.8, 4) is 5.75 Å². The third kappa shape index (κ3) is 4.93. The van der Waals surface area contributed by atoms with Crippen LogP contribution in [0.1, 0.15) is 21.7 Å². The maximum Gasteiger partial charge on any atom is 0.291 e. The van der Waals surface area contributed by atoms with Gasteiger partial charge in [-0.25, -0.2) is 0 Å². The normalized spacial score (nSPS) is 10.6. The average Bonchev–Trinajstić information content (AvgIpc) is 3.19. The minimum Gasteiger partial charge on any atom is -0.483 e. The molecule has 4 aromatic rings. The summed E-state index contributed by atoms with van der Waals surface area (Å²) in [6, 6.07) is 21.8. The number of hydrogen-bond acceptors (Lipinski definition) is 4. The van der Waals surface area contributed by atoms with Crippen molar-refractivity contribution in [2.45, 2.75) is 13.8 Å². The van der Waals surface area contributed by atoms with Crippen molar-refractivity contribution in [3.05, 3.63) is 89.7 Å². The predicted octanol–water partition coefficient (Wildman–Crippen LogP) is 5.32. The molecule has 2 N–H and O–H groups in total. The van der Waals surface area contributed by atoms with E-state index in [0.717, 1.165) is 16.5 Å². The summed E-state index contributed by atoms with van der Waals surface area (Å²) in [6.07, 6.45) is 0. The second-order valence-corrected chi connectivity index (χ2v) is 7.29. The molecule has 6 heteroatoms. The van der Waals surface area contributed by atoms with Crippen LogP contribution in [0.3, 0.4) is 0 Å². The molecule has 0 radical (unpaired) electrons. The highest BCUT2D eigenvalue weighted by Gasteiger charge is 2.12. The maximum atomic E-state index is 12.4. The molecule has 0 bridgehead atoms. The Morgan fingerprint density at radius 1 is 0.871 bits per heavy atom. The van der Waals surface area contributed by atoms with E-state index in [1.165, 1.54) is 0 Å². The first kappa shape index (κ1) is 20.2. The van der Waals surface area contributed by atoms with Gasteiger partial charge in [-0.1, -0.05) is 35.9 Å². The zero-order valence-electron chi connectivity index (χ0n) is 17.3. The number of para-hydroxylation sites is 1. The van der Waals surface area contributed by atoms with E-state index in [4.69, 9.17) is 9.15 Å². The van der Waals surface area contributed by atoms with E-state index < -0.39 is 0 Å². The molecular formula is C25H22N2O4. The van der Waals surface area contributed by atoms with E-state index in [9.17, 15) is 9.59 Å². The second-order valence-electron chi connectivity index (χ2n) is 7.29. The minimum absolute atomic E-state index is 0.0888. The van der Waals surface area contributed by atoms with Crippen molar-refractivity contribution >= 4 is 34.2 Å². The zero-order chi connectivity index (χ0) is 21.8. The first-order chi connectivity index (χ1) is 15.0. The lowest BCUT2D eigenvalue weighted by molar-refractivity contribution is -0.118. The molecule has 31 heavy (non-hydrogen) atoms. The predicted molar refractivity (Wildman–Crippen MR) is 121 cm³/mol. The number of rotatable bonds is 6. The Hall–Kier alpha value is -4.06. The van der Waals surface area contributed by atoms with Gasteiger partial charge in [-0.3, -0.25) is 9.59 Å². The van der Waals surface area contributed by atoms with Crippen LogP contribution in [-0.4, -0.2) is 18.4 Å². The number of aryl methyl sites for hydroxylation is 2. The molecule has 0 atom stereocenters. The molecule has 6 nitrogen and oxygen atoms in total. The summed E-state index contributed by atoms with van der Waals surface area (Å²) in [5, 5.41) is 6.43. The highest BCUT2D eigenvalue weighted by Crippen LogP contribution is 2.21. The third-order valence-electron chi connectivity index (χ3n) is 4.77. The zero-order valence-corrected chi connectivity index (χ0v) is 17.3. The van der Waals surface area contributed by atoms with Crippen LogP contribution >= 0.6 is 0 Å². The number of carbonyl (C=O) groups excluding carboxylic acids is 2. The Balaban J connectivity index is 1.32. The van der Waals surface area contributed by atoms with Crippen LogP contribution in [0, 0.1) is 13.8 Å². The van der Waals surface area contributed by atoms with Crippen LogP contribution in [0.2, 0.25) is 0 Å². The van der Waals surface area contributed by atoms with E-state index in [1.54, 1.807) is 30.3 Å².